The average molecular weight is 326 g/mol. The Balaban J connectivity index is 1.62. The van der Waals surface area contributed by atoms with Crippen molar-refractivity contribution in [3.05, 3.63) is 35.9 Å². The molecule has 2 bridgehead atoms. The number of hydrogen-bond donors (Lipinski definition) is 0. The summed E-state index contributed by atoms with van der Waals surface area (Å²) >= 11 is 0. The predicted octanol–water partition coefficient (Wildman–Crippen LogP) is 3.44. The highest BCUT2D eigenvalue weighted by atomic mass is 16.6. The Morgan fingerprint density at radius 1 is 1.17 bits per heavy atom. The van der Waals surface area contributed by atoms with E-state index in [4.69, 9.17) is 10.00 Å². The van der Waals surface area contributed by atoms with E-state index in [2.05, 4.69) is 0 Å². The predicted molar refractivity (Wildman–Crippen MR) is 87.9 cm³/mol. The van der Waals surface area contributed by atoms with Gasteiger partial charge >= 0.3 is 6.09 Å². The summed E-state index contributed by atoms with van der Waals surface area (Å²) in [6.45, 7) is 0.270. The Morgan fingerprint density at radius 3 is 2.46 bits per heavy atom. The Labute approximate surface area is 142 Å². The Bertz CT molecular complexity index is 624. The summed E-state index contributed by atoms with van der Waals surface area (Å²) < 4.78 is 5.50. The molecule has 2 atom stereocenters. The number of carbonyl (C=O) groups excluding carboxylic acids is 2. The number of carbonyl (C=O) groups is 2. The van der Waals surface area contributed by atoms with Crippen LogP contribution in [0.2, 0.25) is 0 Å². The van der Waals surface area contributed by atoms with Crippen molar-refractivity contribution in [1.29, 1.82) is 5.26 Å². The number of piperidine rings is 2. The molecule has 0 aliphatic carbocycles. The summed E-state index contributed by atoms with van der Waals surface area (Å²) in [6, 6.07) is 11.7. The largest absolute Gasteiger partial charge is 0.445 e. The molecule has 5 nitrogen and oxygen atoms in total. The topological polar surface area (TPSA) is 70.4 Å². The maximum Gasteiger partial charge on any atom is 0.410 e. The van der Waals surface area contributed by atoms with Crippen LogP contribution in [-0.2, 0) is 16.1 Å². The third-order valence-electron chi connectivity index (χ3n) is 5.10. The number of nitrogens with zero attached hydrogens (tertiary/aromatic N) is 2. The van der Waals surface area contributed by atoms with Crippen LogP contribution in [-0.4, -0.2) is 28.9 Å². The first kappa shape index (κ1) is 16.5. The lowest BCUT2D eigenvalue weighted by atomic mass is 9.76. The van der Waals surface area contributed by atoms with Crippen LogP contribution >= 0.6 is 0 Å². The van der Waals surface area contributed by atoms with Gasteiger partial charge in [-0.3, -0.25) is 4.79 Å². The van der Waals surface area contributed by atoms with E-state index in [0.29, 0.717) is 12.8 Å². The molecule has 2 heterocycles. The standard InChI is InChI=1S/C19H22N2O3/c20-10-9-18(22)15-11-16-7-4-8-17(12-15)21(16)19(23)24-13-14-5-2-1-3-6-14/h1-3,5-6,15-17H,4,7-9,11-13H2. The molecule has 0 radical (unpaired) electrons. The molecule has 1 aromatic rings. The molecule has 2 unspecified atom stereocenters. The van der Waals surface area contributed by atoms with E-state index in [-0.39, 0.29) is 42.9 Å². The first-order valence-corrected chi connectivity index (χ1v) is 8.57. The Morgan fingerprint density at radius 2 is 1.83 bits per heavy atom. The van der Waals surface area contributed by atoms with Gasteiger partial charge in [-0.15, -0.1) is 0 Å². The fraction of sp³-hybridized carbons (Fsp3) is 0.526. The van der Waals surface area contributed by atoms with E-state index in [1.807, 2.05) is 41.3 Å². The van der Waals surface area contributed by atoms with Crippen molar-refractivity contribution in [3.8, 4) is 6.07 Å². The second kappa shape index (κ2) is 7.48. The van der Waals surface area contributed by atoms with E-state index in [1.54, 1.807) is 0 Å². The summed E-state index contributed by atoms with van der Waals surface area (Å²) in [4.78, 5) is 26.5. The van der Waals surface area contributed by atoms with Gasteiger partial charge in [0.1, 0.15) is 12.4 Å². The summed E-state index contributed by atoms with van der Waals surface area (Å²) in [5.74, 6) is -0.0650. The quantitative estimate of drug-likeness (QED) is 0.850. The molecule has 2 aliphatic rings. The van der Waals surface area contributed by atoms with E-state index >= 15 is 0 Å². The number of ether oxygens (including phenoxy) is 1. The molecule has 0 aromatic heterocycles. The zero-order valence-electron chi connectivity index (χ0n) is 13.7. The number of Topliss-reactive ketones (excluding diaryl/α,β-unsaturated/α-hetero) is 1. The normalized spacial score (nSPS) is 25.6. The zero-order valence-corrected chi connectivity index (χ0v) is 13.7. The second-order valence-corrected chi connectivity index (χ2v) is 6.66. The van der Waals surface area contributed by atoms with Crippen molar-refractivity contribution in [1.82, 2.24) is 4.90 Å². The lowest BCUT2D eigenvalue weighted by molar-refractivity contribution is -0.125. The number of nitriles is 1. The maximum absolute atomic E-state index is 12.6. The fourth-order valence-corrected chi connectivity index (χ4v) is 3.96. The number of amides is 1. The van der Waals surface area contributed by atoms with Crippen molar-refractivity contribution in [3.63, 3.8) is 0 Å². The van der Waals surface area contributed by atoms with Gasteiger partial charge < -0.3 is 9.64 Å². The van der Waals surface area contributed by atoms with Crippen LogP contribution in [0.1, 0.15) is 44.1 Å². The van der Waals surface area contributed by atoms with Crippen molar-refractivity contribution in [2.45, 2.75) is 57.2 Å². The third-order valence-corrected chi connectivity index (χ3v) is 5.10. The summed E-state index contributed by atoms with van der Waals surface area (Å²) in [5.41, 5.74) is 0.968. The molecule has 0 N–H and O–H groups in total. The summed E-state index contributed by atoms with van der Waals surface area (Å²) in [6.07, 6.45) is 3.93. The minimum atomic E-state index is -0.278. The Hall–Kier alpha value is -2.35. The van der Waals surface area contributed by atoms with Gasteiger partial charge in [0, 0.05) is 18.0 Å². The molecular weight excluding hydrogens is 304 g/mol. The fourth-order valence-electron chi connectivity index (χ4n) is 3.96. The third kappa shape index (κ3) is 3.59. The monoisotopic (exact) mass is 326 g/mol. The number of hydrogen-bond acceptors (Lipinski definition) is 4. The van der Waals surface area contributed by atoms with E-state index < -0.39 is 0 Å². The average Bonchev–Trinajstić information content (AvgIpc) is 2.59. The lowest BCUT2D eigenvalue weighted by Gasteiger charge is -2.47. The number of fused-ring (bicyclic) bond motifs is 2. The van der Waals surface area contributed by atoms with Crippen molar-refractivity contribution < 1.29 is 14.3 Å². The molecule has 2 saturated heterocycles. The smallest absolute Gasteiger partial charge is 0.410 e. The molecule has 5 heteroatoms. The highest BCUT2D eigenvalue weighted by Crippen LogP contribution is 2.38. The minimum absolute atomic E-state index is 0.0201. The van der Waals surface area contributed by atoms with Crippen molar-refractivity contribution in [2.75, 3.05) is 0 Å². The molecular formula is C19H22N2O3. The number of rotatable bonds is 4. The van der Waals surface area contributed by atoms with Gasteiger partial charge in [0.15, 0.2) is 0 Å². The van der Waals surface area contributed by atoms with Gasteiger partial charge in [-0.1, -0.05) is 30.3 Å². The number of ketones is 1. The van der Waals surface area contributed by atoms with Gasteiger partial charge in [-0.25, -0.2) is 4.79 Å². The first-order valence-electron chi connectivity index (χ1n) is 8.57. The second-order valence-electron chi connectivity index (χ2n) is 6.66. The van der Waals surface area contributed by atoms with E-state index in [0.717, 1.165) is 24.8 Å². The molecule has 126 valence electrons. The highest BCUT2D eigenvalue weighted by molar-refractivity contribution is 5.83. The summed E-state index contributed by atoms with van der Waals surface area (Å²) in [5, 5.41) is 8.73. The SMILES string of the molecule is N#CCC(=O)C1CC2CCCC(C1)N2C(=O)OCc1ccccc1. The van der Waals surface area contributed by atoms with E-state index in [1.165, 1.54) is 0 Å². The van der Waals surface area contributed by atoms with Crippen LogP contribution in [0.15, 0.2) is 30.3 Å². The van der Waals surface area contributed by atoms with Crippen LogP contribution in [0, 0.1) is 17.2 Å². The molecule has 1 aromatic carbocycles. The molecule has 2 fully saturated rings. The van der Waals surface area contributed by atoms with Crippen LogP contribution in [0.5, 0.6) is 0 Å². The molecule has 3 rings (SSSR count). The summed E-state index contributed by atoms with van der Waals surface area (Å²) in [7, 11) is 0. The Kier molecular flexibility index (Phi) is 5.14. The number of benzene rings is 1. The minimum Gasteiger partial charge on any atom is -0.445 e. The molecule has 24 heavy (non-hydrogen) atoms. The van der Waals surface area contributed by atoms with Gasteiger partial charge in [-0.2, -0.15) is 5.26 Å². The van der Waals surface area contributed by atoms with E-state index in [9.17, 15) is 9.59 Å². The van der Waals surface area contributed by atoms with Gasteiger partial charge in [0.2, 0.25) is 0 Å². The molecule has 0 spiro atoms. The van der Waals surface area contributed by atoms with Crippen LogP contribution in [0.4, 0.5) is 4.79 Å². The highest BCUT2D eigenvalue weighted by Gasteiger charge is 2.43. The van der Waals surface area contributed by atoms with Crippen LogP contribution in [0.3, 0.4) is 0 Å². The molecule has 1 amide bonds. The first-order chi connectivity index (χ1) is 11.7. The van der Waals surface area contributed by atoms with Crippen LogP contribution in [0.25, 0.3) is 0 Å². The van der Waals surface area contributed by atoms with Gasteiger partial charge in [0.05, 0.1) is 12.5 Å². The molecule has 2 aliphatic heterocycles. The maximum atomic E-state index is 12.6. The molecule has 0 saturated carbocycles. The van der Waals surface area contributed by atoms with Crippen LogP contribution < -0.4 is 0 Å². The lowest BCUT2D eigenvalue weighted by Crippen LogP contribution is -2.55. The zero-order chi connectivity index (χ0) is 16.9. The van der Waals surface area contributed by atoms with Crippen molar-refractivity contribution >= 4 is 11.9 Å². The van der Waals surface area contributed by atoms with Crippen molar-refractivity contribution in [2.24, 2.45) is 5.92 Å². The van der Waals surface area contributed by atoms with Gasteiger partial charge in [0.25, 0.3) is 0 Å². The van der Waals surface area contributed by atoms with Gasteiger partial charge in [-0.05, 0) is 37.7 Å².